The summed E-state index contributed by atoms with van der Waals surface area (Å²) in [5, 5.41) is 0.820. The van der Waals surface area contributed by atoms with Gasteiger partial charge in [-0.2, -0.15) is 0 Å². The Labute approximate surface area is 180 Å². The van der Waals surface area contributed by atoms with Crippen molar-refractivity contribution < 1.29 is 4.79 Å². The van der Waals surface area contributed by atoms with Crippen LogP contribution in [0.25, 0.3) is 16.9 Å². The van der Waals surface area contributed by atoms with Gasteiger partial charge in [0.25, 0.3) is 0 Å². The maximum Gasteiger partial charge on any atom is 0.237 e. The van der Waals surface area contributed by atoms with Crippen LogP contribution in [-0.2, 0) is 11.2 Å². The van der Waals surface area contributed by atoms with Crippen molar-refractivity contribution in [1.82, 2.24) is 9.55 Å². The lowest BCUT2D eigenvalue weighted by atomic mass is 10.1. The molecule has 0 spiro atoms. The van der Waals surface area contributed by atoms with Crippen molar-refractivity contribution in [2.75, 3.05) is 17.2 Å². The number of benzene rings is 3. The van der Waals surface area contributed by atoms with E-state index in [4.69, 9.17) is 0 Å². The first-order valence-electron chi connectivity index (χ1n) is 10.0. The molecule has 0 bridgehead atoms. The Bertz CT molecular complexity index is 1170. The molecular weight excluding hydrogens is 390 g/mol. The summed E-state index contributed by atoms with van der Waals surface area (Å²) in [5.41, 5.74) is 5.44. The number of para-hydroxylation sites is 2. The molecule has 0 saturated heterocycles. The van der Waals surface area contributed by atoms with Gasteiger partial charge in [0, 0.05) is 23.5 Å². The molecular formula is C25H21N3OS. The summed E-state index contributed by atoms with van der Waals surface area (Å²) in [6, 6.07) is 28.6. The number of hydrogen-bond donors (Lipinski definition) is 0. The van der Waals surface area contributed by atoms with Crippen LogP contribution in [0.1, 0.15) is 5.56 Å². The molecule has 5 heteroatoms. The zero-order chi connectivity index (χ0) is 20.3. The number of aromatic nitrogens is 2. The van der Waals surface area contributed by atoms with Gasteiger partial charge in [-0.05, 0) is 30.2 Å². The SMILES string of the molecule is O=C(CSc1ncc(-c2ccccc2)n1-c1ccccc1)N1CCc2ccccc21. The first-order chi connectivity index (χ1) is 14.8. The average Bonchev–Trinajstić information content (AvgIpc) is 3.43. The Kier molecular flexibility index (Phi) is 5.11. The van der Waals surface area contributed by atoms with Crippen LogP contribution in [0.3, 0.4) is 0 Å². The van der Waals surface area contributed by atoms with Gasteiger partial charge in [-0.3, -0.25) is 9.36 Å². The monoisotopic (exact) mass is 411 g/mol. The second-order valence-corrected chi connectivity index (χ2v) is 8.12. The minimum atomic E-state index is 0.119. The fourth-order valence-corrected chi connectivity index (χ4v) is 4.75. The number of imidazole rings is 1. The minimum Gasteiger partial charge on any atom is -0.311 e. The lowest BCUT2D eigenvalue weighted by Gasteiger charge is -2.17. The second-order valence-electron chi connectivity index (χ2n) is 7.18. The molecule has 0 radical (unpaired) electrons. The van der Waals surface area contributed by atoms with Crippen LogP contribution in [-0.4, -0.2) is 27.8 Å². The summed E-state index contributed by atoms with van der Waals surface area (Å²) >= 11 is 1.49. The van der Waals surface area contributed by atoms with E-state index in [-0.39, 0.29) is 5.91 Å². The Morgan fingerprint density at radius 1 is 0.900 bits per heavy atom. The van der Waals surface area contributed by atoms with Crippen LogP contribution in [0.4, 0.5) is 5.69 Å². The summed E-state index contributed by atoms with van der Waals surface area (Å²) in [4.78, 5) is 19.5. The molecule has 0 fully saturated rings. The molecule has 1 aliphatic rings. The van der Waals surface area contributed by atoms with E-state index in [0.29, 0.717) is 5.75 Å². The number of hydrogen-bond acceptors (Lipinski definition) is 3. The van der Waals surface area contributed by atoms with Crippen LogP contribution in [0.5, 0.6) is 0 Å². The third kappa shape index (κ3) is 3.53. The fraction of sp³-hybridized carbons (Fsp3) is 0.120. The predicted molar refractivity (Wildman–Crippen MR) is 122 cm³/mol. The first kappa shape index (κ1) is 18.7. The molecule has 1 aliphatic heterocycles. The van der Waals surface area contributed by atoms with E-state index in [9.17, 15) is 4.79 Å². The largest absolute Gasteiger partial charge is 0.311 e. The predicted octanol–water partition coefficient (Wildman–Crippen LogP) is 5.22. The van der Waals surface area contributed by atoms with Crippen LogP contribution in [0.15, 0.2) is 96.3 Å². The molecule has 0 atom stereocenters. The van der Waals surface area contributed by atoms with Crippen molar-refractivity contribution >= 4 is 23.4 Å². The molecule has 4 aromatic rings. The number of thioether (sulfide) groups is 1. The van der Waals surface area contributed by atoms with Gasteiger partial charge in [-0.25, -0.2) is 4.98 Å². The van der Waals surface area contributed by atoms with Crippen molar-refractivity contribution in [3.8, 4) is 16.9 Å². The van der Waals surface area contributed by atoms with Crippen molar-refractivity contribution in [2.45, 2.75) is 11.6 Å². The van der Waals surface area contributed by atoms with E-state index in [0.717, 1.165) is 40.8 Å². The molecule has 0 aliphatic carbocycles. The van der Waals surface area contributed by atoms with Crippen molar-refractivity contribution in [1.29, 1.82) is 0 Å². The summed E-state index contributed by atoms with van der Waals surface area (Å²) in [6.45, 7) is 0.751. The van der Waals surface area contributed by atoms with Crippen molar-refractivity contribution in [3.63, 3.8) is 0 Å². The molecule has 0 unspecified atom stereocenters. The fourth-order valence-electron chi connectivity index (χ4n) is 3.88. The molecule has 5 rings (SSSR count). The highest BCUT2D eigenvalue weighted by molar-refractivity contribution is 7.99. The highest BCUT2D eigenvalue weighted by Crippen LogP contribution is 2.32. The van der Waals surface area contributed by atoms with Crippen LogP contribution < -0.4 is 4.90 Å². The smallest absolute Gasteiger partial charge is 0.237 e. The zero-order valence-electron chi connectivity index (χ0n) is 16.4. The lowest BCUT2D eigenvalue weighted by Crippen LogP contribution is -2.30. The summed E-state index contributed by atoms with van der Waals surface area (Å²) in [6.07, 6.45) is 2.81. The second kappa shape index (κ2) is 8.20. The van der Waals surface area contributed by atoms with E-state index in [2.05, 4.69) is 39.9 Å². The molecule has 0 saturated carbocycles. The standard InChI is InChI=1S/C25H21N3OS/c29-24(27-16-15-20-11-7-8-14-22(20)27)18-30-25-26-17-23(19-9-3-1-4-10-19)28(25)21-12-5-2-6-13-21/h1-14,17H,15-16,18H2. The van der Waals surface area contributed by atoms with Gasteiger partial charge < -0.3 is 4.90 Å². The van der Waals surface area contributed by atoms with Gasteiger partial charge in [0.15, 0.2) is 5.16 Å². The molecule has 30 heavy (non-hydrogen) atoms. The summed E-state index contributed by atoms with van der Waals surface area (Å²) in [5.74, 6) is 0.473. The normalized spacial score (nSPS) is 12.7. The van der Waals surface area contributed by atoms with Gasteiger partial charge in [0.05, 0.1) is 17.6 Å². The Morgan fingerprint density at radius 2 is 1.60 bits per heavy atom. The highest BCUT2D eigenvalue weighted by Gasteiger charge is 2.25. The average molecular weight is 412 g/mol. The lowest BCUT2D eigenvalue weighted by molar-refractivity contribution is -0.116. The number of anilines is 1. The number of rotatable bonds is 5. The van der Waals surface area contributed by atoms with Crippen LogP contribution in [0.2, 0.25) is 0 Å². The maximum atomic E-state index is 13.0. The van der Waals surface area contributed by atoms with Gasteiger partial charge >= 0.3 is 0 Å². The molecule has 1 amide bonds. The van der Waals surface area contributed by atoms with Crippen LogP contribution in [0, 0.1) is 0 Å². The van der Waals surface area contributed by atoms with Gasteiger partial charge in [-0.1, -0.05) is 78.5 Å². The molecule has 4 nitrogen and oxygen atoms in total. The van der Waals surface area contributed by atoms with Crippen molar-refractivity contribution in [2.24, 2.45) is 0 Å². The first-order valence-corrected chi connectivity index (χ1v) is 11.0. The minimum absolute atomic E-state index is 0.119. The molecule has 2 heterocycles. The maximum absolute atomic E-state index is 13.0. The number of fused-ring (bicyclic) bond motifs is 1. The Morgan fingerprint density at radius 3 is 2.40 bits per heavy atom. The van der Waals surface area contributed by atoms with Crippen LogP contribution >= 0.6 is 11.8 Å². The third-order valence-electron chi connectivity index (χ3n) is 5.33. The van der Waals surface area contributed by atoms with Gasteiger partial charge in [0.1, 0.15) is 0 Å². The van der Waals surface area contributed by atoms with Gasteiger partial charge in [-0.15, -0.1) is 0 Å². The Hall–Kier alpha value is -3.31. The number of amides is 1. The van der Waals surface area contributed by atoms with Crippen molar-refractivity contribution in [3.05, 3.63) is 96.7 Å². The molecule has 3 aromatic carbocycles. The Balaban J connectivity index is 1.43. The third-order valence-corrected chi connectivity index (χ3v) is 6.26. The molecule has 148 valence electrons. The van der Waals surface area contributed by atoms with Gasteiger partial charge in [0.2, 0.25) is 5.91 Å². The van der Waals surface area contributed by atoms with E-state index in [1.54, 1.807) is 0 Å². The van der Waals surface area contributed by atoms with E-state index < -0.39 is 0 Å². The summed E-state index contributed by atoms with van der Waals surface area (Å²) < 4.78 is 2.13. The zero-order valence-corrected chi connectivity index (χ0v) is 17.3. The number of nitrogens with zero attached hydrogens (tertiary/aromatic N) is 3. The molecule has 1 aromatic heterocycles. The topological polar surface area (TPSA) is 38.1 Å². The quantitative estimate of drug-likeness (QED) is 0.423. The molecule has 0 N–H and O–H groups in total. The highest BCUT2D eigenvalue weighted by atomic mass is 32.2. The summed E-state index contributed by atoms with van der Waals surface area (Å²) in [7, 11) is 0. The number of carbonyl (C=O) groups is 1. The van der Waals surface area contributed by atoms with E-state index in [1.807, 2.05) is 65.7 Å². The van der Waals surface area contributed by atoms with E-state index in [1.165, 1.54) is 17.3 Å². The van der Waals surface area contributed by atoms with E-state index >= 15 is 0 Å². The number of carbonyl (C=O) groups excluding carboxylic acids is 1.